The van der Waals surface area contributed by atoms with Crippen LogP contribution >= 0.6 is 12.4 Å². The summed E-state index contributed by atoms with van der Waals surface area (Å²) in [5.41, 5.74) is 6.34. The van der Waals surface area contributed by atoms with E-state index < -0.39 is 11.6 Å². The number of ether oxygens (including phenoxy) is 2. The number of amides is 1. The summed E-state index contributed by atoms with van der Waals surface area (Å²) in [6, 6.07) is 7.56. The highest BCUT2D eigenvalue weighted by Gasteiger charge is 2.17. The average molecular weight is 317 g/mol. The summed E-state index contributed by atoms with van der Waals surface area (Å²) in [6.07, 6.45) is -0.524. The Hall–Kier alpha value is -1.30. The van der Waals surface area contributed by atoms with Gasteiger partial charge in [0.2, 0.25) is 5.91 Å². The van der Waals surface area contributed by atoms with Gasteiger partial charge < -0.3 is 20.5 Å². The molecule has 1 amide bonds. The molecule has 0 heterocycles. The fraction of sp³-hybridized carbons (Fsp3) is 0.533. The minimum Gasteiger partial charge on any atom is -0.497 e. The highest BCUT2D eigenvalue weighted by atomic mass is 35.5. The molecule has 0 aliphatic heterocycles. The molecule has 0 bridgehead atoms. The molecule has 21 heavy (non-hydrogen) atoms. The molecule has 0 aliphatic rings. The molecule has 6 heteroatoms. The third kappa shape index (κ3) is 7.90. The molecule has 1 rings (SSSR count). The van der Waals surface area contributed by atoms with Crippen molar-refractivity contribution in [3.8, 4) is 5.75 Å². The Morgan fingerprint density at radius 2 is 2.10 bits per heavy atom. The standard InChI is InChI=1S/C15H24N2O3.ClH/c1-11(14(18)17-10-15(2,3)16)20-9-12-6-5-7-13(8-12)19-4;/h5-8,11H,9-10,16H2,1-4H3,(H,17,18);1H. The van der Waals surface area contributed by atoms with Gasteiger partial charge in [-0.3, -0.25) is 4.79 Å². The maximum absolute atomic E-state index is 11.8. The third-order valence-corrected chi connectivity index (χ3v) is 2.72. The van der Waals surface area contributed by atoms with Gasteiger partial charge in [-0.05, 0) is 38.5 Å². The van der Waals surface area contributed by atoms with Crippen molar-refractivity contribution in [2.45, 2.75) is 39.0 Å². The van der Waals surface area contributed by atoms with Gasteiger partial charge >= 0.3 is 0 Å². The predicted octanol–water partition coefficient (Wildman–Crippen LogP) is 1.88. The molecule has 5 nitrogen and oxygen atoms in total. The van der Waals surface area contributed by atoms with Crippen LogP contribution in [0.4, 0.5) is 0 Å². The number of carbonyl (C=O) groups excluding carboxylic acids is 1. The number of carbonyl (C=O) groups is 1. The number of rotatable bonds is 7. The second-order valence-electron chi connectivity index (χ2n) is 5.51. The lowest BCUT2D eigenvalue weighted by atomic mass is 10.1. The zero-order valence-corrected chi connectivity index (χ0v) is 13.8. The van der Waals surface area contributed by atoms with E-state index in [9.17, 15) is 4.79 Å². The van der Waals surface area contributed by atoms with Crippen molar-refractivity contribution in [2.75, 3.05) is 13.7 Å². The van der Waals surface area contributed by atoms with Crippen molar-refractivity contribution in [3.05, 3.63) is 29.8 Å². The summed E-state index contributed by atoms with van der Waals surface area (Å²) >= 11 is 0. The molecule has 3 N–H and O–H groups in total. The molecule has 0 fully saturated rings. The summed E-state index contributed by atoms with van der Waals surface area (Å²) in [5, 5.41) is 2.77. The quantitative estimate of drug-likeness (QED) is 0.805. The maximum Gasteiger partial charge on any atom is 0.248 e. The molecule has 0 aliphatic carbocycles. The van der Waals surface area contributed by atoms with Crippen molar-refractivity contribution in [1.29, 1.82) is 0 Å². The van der Waals surface area contributed by atoms with Crippen molar-refractivity contribution < 1.29 is 14.3 Å². The number of halogens is 1. The number of nitrogens with two attached hydrogens (primary N) is 1. The van der Waals surface area contributed by atoms with Crippen LogP contribution in [-0.4, -0.2) is 31.2 Å². The van der Waals surface area contributed by atoms with Crippen LogP contribution in [0.1, 0.15) is 26.3 Å². The van der Waals surface area contributed by atoms with E-state index in [0.29, 0.717) is 13.2 Å². The lowest BCUT2D eigenvalue weighted by Gasteiger charge is -2.21. The Bertz CT molecular complexity index is 447. The summed E-state index contributed by atoms with van der Waals surface area (Å²) < 4.78 is 10.7. The predicted molar refractivity (Wildman–Crippen MR) is 85.8 cm³/mol. The average Bonchev–Trinajstić information content (AvgIpc) is 2.41. The Labute approximate surface area is 132 Å². The SMILES string of the molecule is COc1cccc(COC(C)C(=O)NCC(C)(C)N)c1.Cl. The van der Waals surface area contributed by atoms with E-state index in [1.807, 2.05) is 38.1 Å². The molecule has 1 atom stereocenters. The van der Waals surface area contributed by atoms with Crippen LogP contribution in [0.25, 0.3) is 0 Å². The van der Waals surface area contributed by atoms with Crippen molar-refractivity contribution in [1.82, 2.24) is 5.32 Å². The van der Waals surface area contributed by atoms with Gasteiger partial charge in [-0.2, -0.15) is 0 Å². The molecule has 120 valence electrons. The molecule has 1 aromatic rings. The molecular formula is C15H25ClN2O3. The van der Waals surface area contributed by atoms with Crippen LogP contribution in [0.15, 0.2) is 24.3 Å². The van der Waals surface area contributed by atoms with Crippen molar-refractivity contribution in [2.24, 2.45) is 5.73 Å². The smallest absolute Gasteiger partial charge is 0.248 e. The Balaban J connectivity index is 0.00000400. The lowest BCUT2D eigenvalue weighted by molar-refractivity contribution is -0.132. The van der Waals surface area contributed by atoms with Gasteiger partial charge in [-0.15, -0.1) is 12.4 Å². The molecule has 1 aromatic carbocycles. The highest BCUT2D eigenvalue weighted by molar-refractivity contribution is 5.85. The Kier molecular flexibility index (Phi) is 8.32. The zero-order chi connectivity index (χ0) is 15.2. The summed E-state index contributed by atoms with van der Waals surface area (Å²) in [4.78, 5) is 11.8. The maximum atomic E-state index is 11.8. The number of methoxy groups -OCH3 is 1. The zero-order valence-electron chi connectivity index (χ0n) is 13.0. The van der Waals surface area contributed by atoms with Crippen LogP contribution in [-0.2, 0) is 16.1 Å². The van der Waals surface area contributed by atoms with Gasteiger partial charge in [-0.1, -0.05) is 12.1 Å². The first-order chi connectivity index (χ1) is 9.31. The number of hydrogen-bond donors (Lipinski definition) is 2. The van der Waals surface area contributed by atoms with Gasteiger partial charge in [0.25, 0.3) is 0 Å². The van der Waals surface area contributed by atoms with Crippen LogP contribution in [0, 0.1) is 0 Å². The lowest BCUT2D eigenvalue weighted by Crippen LogP contribution is -2.47. The van der Waals surface area contributed by atoms with Gasteiger partial charge in [0.05, 0.1) is 13.7 Å². The molecule has 0 aromatic heterocycles. The minimum atomic E-state index is -0.524. The van der Waals surface area contributed by atoms with E-state index in [1.165, 1.54) is 0 Å². The first kappa shape index (κ1) is 19.7. The minimum absolute atomic E-state index is 0. The summed E-state index contributed by atoms with van der Waals surface area (Å²) in [5.74, 6) is 0.611. The number of nitrogens with one attached hydrogen (secondary N) is 1. The fourth-order valence-corrected chi connectivity index (χ4v) is 1.52. The van der Waals surface area contributed by atoms with Gasteiger partial charge in [0.15, 0.2) is 0 Å². The van der Waals surface area contributed by atoms with E-state index in [-0.39, 0.29) is 18.3 Å². The van der Waals surface area contributed by atoms with Crippen molar-refractivity contribution >= 4 is 18.3 Å². The van der Waals surface area contributed by atoms with Crippen LogP contribution < -0.4 is 15.8 Å². The second kappa shape index (κ2) is 8.87. The fourth-order valence-electron chi connectivity index (χ4n) is 1.52. The van der Waals surface area contributed by atoms with E-state index in [0.717, 1.165) is 11.3 Å². The van der Waals surface area contributed by atoms with E-state index in [1.54, 1.807) is 14.0 Å². The molecule has 0 saturated heterocycles. The molecule has 0 spiro atoms. The molecule has 0 saturated carbocycles. The molecule has 0 radical (unpaired) electrons. The third-order valence-electron chi connectivity index (χ3n) is 2.72. The largest absolute Gasteiger partial charge is 0.497 e. The first-order valence-electron chi connectivity index (χ1n) is 6.63. The van der Waals surface area contributed by atoms with E-state index in [4.69, 9.17) is 15.2 Å². The second-order valence-corrected chi connectivity index (χ2v) is 5.51. The Morgan fingerprint density at radius 1 is 1.43 bits per heavy atom. The molecular weight excluding hydrogens is 292 g/mol. The van der Waals surface area contributed by atoms with Crippen LogP contribution in [0.5, 0.6) is 5.75 Å². The van der Waals surface area contributed by atoms with Crippen LogP contribution in [0.3, 0.4) is 0 Å². The number of hydrogen-bond acceptors (Lipinski definition) is 4. The Morgan fingerprint density at radius 3 is 2.67 bits per heavy atom. The van der Waals surface area contributed by atoms with E-state index >= 15 is 0 Å². The summed E-state index contributed by atoms with van der Waals surface area (Å²) in [6.45, 7) is 6.21. The van der Waals surface area contributed by atoms with Gasteiger partial charge in [0, 0.05) is 12.1 Å². The van der Waals surface area contributed by atoms with Gasteiger partial charge in [0.1, 0.15) is 11.9 Å². The normalized spacial score (nSPS) is 12.2. The van der Waals surface area contributed by atoms with Gasteiger partial charge in [-0.25, -0.2) is 0 Å². The molecule has 1 unspecified atom stereocenters. The summed E-state index contributed by atoms with van der Waals surface area (Å²) in [7, 11) is 1.62. The topological polar surface area (TPSA) is 73.6 Å². The monoisotopic (exact) mass is 316 g/mol. The van der Waals surface area contributed by atoms with Crippen molar-refractivity contribution in [3.63, 3.8) is 0 Å². The van der Waals surface area contributed by atoms with E-state index in [2.05, 4.69) is 5.32 Å². The van der Waals surface area contributed by atoms with Crippen LogP contribution in [0.2, 0.25) is 0 Å². The number of benzene rings is 1. The first-order valence-corrected chi connectivity index (χ1v) is 6.63. The highest BCUT2D eigenvalue weighted by Crippen LogP contribution is 2.13.